The summed E-state index contributed by atoms with van der Waals surface area (Å²) in [5.74, 6) is -0.153. The van der Waals surface area contributed by atoms with E-state index in [1.807, 2.05) is 12.1 Å². The SMILES string of the molecule is COc1cc([C@@H]2c3cc4c(cc3[C@@H](OC3C[C@@H]5CO[C@@H](C6CC=CS6)O[C@H]5[C@H](O)C3)[C@H]3COC(=O)[C@H]23)OCO4)cc(OC)c1O. The molecule has 3 fully saturated rings. The number of fused-ring (bicyclic) bond motifs is 4. The van der Waals surface area contributed by atoms with Crippen LogP contribution in [-0.2, 0) is 23.7 Å². The highest BCUT2D eigenvalue weighted by atomic mass is 32.2. The number of aromatic hydroxyl groups is 1. The summed E-state index contributed by atoms with van der Waals surface area (Å²) >= 11 is 1.71. The smallest absolute Gasteiger partial charge is 0.310 e. The number of rotatable bonds is 6. The van der Waals surface area contributed by atoms with Crippen molar-refractivity contribution in [3.63, 3.8) is 0 Å². The van der Waals surface area contributed by atoms with Crippen LogP contribution in [0.4, 0.5) is 0 Å². The standard InChI is InChI=1S/C33H36O11S/c1-37-24-7-15(8-25(38-2)29(24)35)27-18-10-22-23(42-14-41-22)11-19(18)31(20-13-39-32(36)28(20)27)43-17-6-16-12-40-33(26-4-3-5-45-26)44-30(16)21(34)9-17/h3,5,7-8,10-11,16-17,20-21,26-28,30-31,33-35H,4,6,9,12-14H2,1-2H3/t16-,17?,20+,21-,26?,27-,28+,30-,31-,33-/m1/s1. The number of ether oxygens (including phenoxy) is 8. The third kappa shape index (κ3) is 4.93. The van der Waals surface area contributed by atoms with Crippen LogP contribution in [0.25, 0.3) is 0 Å². The lowest BCUT2D eigenvalue weighted by atomic mass is 9.66. The van der Waals surface area contributed by atoms with E-state index in [4.69, 9.17) is 37.9 Å². The van der Waals surface area contributed by atoms with Gasteiger partial charge in [-0.05, 0) is 59.2 Å². The summed E-state index contributed by atoms with van der Waals surface area (Å²) < 4.78 is 47.5. The molecule has 2 saturated heterocycles. The number of thioether (sulfide) groups is 1. The first-order chi connectivity index (χ1) is 21.9. The maximum absolute atomic E-state index is 13.5. The molecule has 2 aromatic rings. The number of aliphatic hydroxyl groups is 1. The number of allylic oxidation sites excluding steroid dienone is 1. The number of hydrogen-bond donors (Lipinski definition) is 2. The van der Waals surface area contributed by atoms with Gasteiger partial charge < -0.3 is 48.1 Å². The molecule has 6 aliphatic rings. The molecule has 1 saturated carbocycles. The van der Waals surface area contributed by atoms with Crippen molar-refractivity contribution in [3.8, 4) is 28.7 Å². The molecule has 12 heteroatoms. The zero-order chi connectivity index (χ0) is 30.8. The van der Waals surface area contributed by atoms with Crippen molar-refractivity contribution in [2.24, 2.45) is 17.8 Å². The first-order valence-corrected chi connectivity index (χ1v) is 16.3. The van der Waals surface area contributed by atoms with E-state index in [1.165, 1.54) is 14.2 Å². The van der Waals surface area contributed by atoms with Gasteiger partial charge in [0.15, 0.2) is 29.3 Å². The molecule has 4 aliphatic heterocycles. The molecule has 240 valence electrons. The van der Waals surface area contributed by atoms with Crippen LogP contribution in [0.2, 0.25) is 0 Å². The highest BCUT2D eigenvalue weighted by Crippen LogP contribution is 2.57. The Hall–Kier alpha value is -3.16. The zero-order valence-corrected chi connectivity index (χ0v) is 25.8. The van der Waals surface area contributed by atoms with Crippen LogP contribution < -0.4 is 18.9 Å². The summed E-state index contributed by atoms with van der Waals surface area (Å²) in [6, 6.07) is 7.32. The van der Waals surface area contributed by atoms with Crippen molar-refractivity contribution in [2.75, 3.05) is 34.2 Å². The topological polar surface area (TPSA) is 131 Å². The Morgan fingerprint density at radius 3 is 2.42 bits per heavy atom. The number of phenols is 1. The fourth-order valence-corrected chi connectivity index (χ4v) is 8.85. The van der Waals surface area contributed by atoms with Gasteiger partial charge in [0.05, 0.1) is 63.0 Å². The number of aliphatic hydroxyl groups excluding tert-OH is 1. The minimum absolute atomic E-state index is 0.0175. The van der Waals surface area contributed by atoms with Gasteiger partial charge in [-0.15, -0.1) is 11.8 Å². The van der Waals surface area contributed by atoms with Crippen LogP contribution in [0.15, 0.2) is 35.7 Å². The van der Waals surface area contributed by atoms with Crippen LogP contribution in [0, 0.1) is 17.8 Å². The van der Waals surface area contributed by atoms with E-state index < -0.39 is 24.0 Å². The van der Waals surface area contributed by atoms with E-state index in [0.717, 1.165) is 23.1 Å². The van der Waals surface area contributed by atoms with E-state index in [1.54, 1.807) is 23.9 Å². The van der Waals surface area contributed by atoms with Gasteiger partial charge in [-0.3, -0.25) is 4.79 Å². The molecule has 2 aliphatic carbocycles. The van der Waals surface area contributed by atoms with Gasteiger partial charge in [0.2, 0.25) is 12.5 Å². The predicted molar refractivity (Wildman–Crippen MR) is 160 cm³/mol. The second-order valence-corrected chi connectivity index (χ2v) is 13.6. The fourth-order valence-electron chi connectivity index (χ4n) is 7.93. The summed E-state index contributed by atoms with van der Waals surface area (Å²) in [4.78, 5) is 13.5. The lowest BCUT2D eigenvalue weighted by Gasteiger charge is -2.47. The number of carbonyl (C=O) groups excluding carboxylic acids is 1. The minimum atomic E-state index is -0.707. The van der Waals surface area contributed by atoms with Gasteiger partial charge in [-0.2, -0.15) is 0 Å². The van der Waals surface area contributed by atoms with Crippen molar-refractivity contribution in [3.05, 3.63) is 52.4 Å². The Kier molecular flexibility index (Phi) is 7.52. The molecule has 45 heavy (non-hydrogen) atoms. The van der Waals surface area contributed by atoms with Gasteiger partial charge in [0.1, 0.15) is 0 Å². The largest absolute Gasteiger partial charge is 0.502 e. The minimum Gasteiger partial charge on any atom is -0.502 e. The van der Waals surface area contributed by atoms with Gasteiger partial charge in [0.25, 0.3) is 0 Å². The van der Waals surface area contributed by atoms with E-state index in [-0.39, 0.29) is 72.2 Å². The normalized spacial score (nSPS) is 36.2. The summed E-state index contributed by atoms with van der Waals surface area (Å²) in [5.41, 5.74) is 2.43. The van der Waals surface area contributed by atoms with E-state index in [0.29, 0.717) is 30.9 Å². The predicted octanol–water partition coefficient (Wildman–Crippen LogP) is 4.03. The highest BCUT2D eigenvalue weighted by Gasteiger charge is 2.54. The average Bonchev–Trinajstić information content (AvgIpc) is 3.83. The average molecular weight is 641 g/mol. The van der Waals surface area contributed by atoms with E-state index >= 15 is 0 Å². The Morgan fingerprint density at radius 2 is 1.71 bits per heavy atom. The van der Waals surface area contributed by atoms with Crippen molar-refractivity contribution in [1.29, 1.82) is 0 Å². The van der Waals surface area contributed by atoms with Crippen LogP contribution in [0.5, 0.6) is 28.7 Å². The molecule has 0 spiro atoms. The first-order valence-electron chi connectivity index (χ1n) is 15.4. The summed E-state index contributed by atoms with van der Waals surface area (Å²) in [6.07, 6.45) is 1.91. The number of phenolic OH excluding ortho intramolecular Hbond substituents is 1. The molecular formula is C33H36O11S. The van der Waals surface area contributed by atoms with E-state index in [2.05, 4.69) is 11.5 Å². The molecule has 2 aromatic carbocycles. The third-order valence-electron chi connectivity index (χ3n) is 10.0. The lowest BCUT2D eigenvalue weighted by Crippen LogP contribution is -2.54. The summed E-state index contributed by atoms with van der Waals surface area (Å²) in [7, 11) is 2.94. The summed E-state index contributed by atoms with van der Waals surface area (Å²) in [6.45, 7) is 0.773. The van der Waals surface area contributed by atoms with Crippen molar-refractivity contribution >= 4 is 17.7 Å². The molecule has 8 rings (SSSR count). The Morgan fingerprint density at radius 1 is 0.956 bits per heavy atom. The second-order valence-electron chi connectivity index (χ2n) is 12.5. The van der Waals surface area contributed by atoms with Crippen molar-refractivity contribution < 1.29 is 52.9 Å². The van der Waals surface area contributed by atoms with E-state index in [9.17, 15) is 15.0 Å². The lowest BCUT2D eigenvalue weighted by molar-refractivity contribution is -0.275. The van der Waals surface area contributed by atoms with Crippen LogP contribution in [-0.4, -0.2) is 80.3 Å². The second kappa shape index (κ2) is 11.6. The monoisotopic (exact) mass is 640 g/mol. The molecule has 0 radical (unpaired) electrons. The van der Waals surface area contributed by atoms with Gasteiger partial charge in [-0.25, -0.2) is 0 Å². The Labute approximate surface area is 264 Å². The molecule has 2 unspecified atom stereocenters. The molecule has 4 heterocycles. The molecule has 11 nitrogen and oxygen atoms in total. The molecule has 0 bridgehead atoms. The molecular weight excluding hydrogens is 604 g/mol. The number of esters is 1. The van der Waals surface area contributed by atoms with Crippen LogP contribution in [0.3, 0.4) is 0 Å². The third-order valence-corrected chi connectivity index (χ3v) is 11.1. The van der Waals surface area contributed by atoms with Crippen LogP contribution in [0.1, 0.15) is 48.0 Å². The van der Waals surface area contributed by atoms with Gasteiger partial charge in [0, 0.05) is 24.2 Å². The number of methoxy groups -OCH3 is 2. The number of hydrogen-bond acceptors (Lipinski definition) is 12. The fraction of sp³-hybridized carbons (Fsp3) is 0.545. The molecule has 2 N–H and O–H groups in total. The van der Waals surface area contributed by atoms with Crippen molar-refractivity contribution in [1.82, 2.24) is 0 Å². The van der Waals surface area contributed by atoms with Crippen molar-refractivity contribution in [2.45, 2.75) is 61.1 Å². The van der Waals surface area contributed by atoms with Crippen LogP contribution >= 0.6 is 11.8 Å². The Balaban J connectivity index is 1.13. The quantitative estimate of drug-likeness (QED) is 0.442. The maximum atomic E-state index is 13.5. The Bertz CT molecular complexity index is 1480. The first kappa shape index (κ1) is 29.3. The highest BCUT2D eigenvalue weighted by molar-refractivity contribution is 8.03. The summed E-state index contributed by atoms with van der Waals surface area (Å²) in [5, 5.41) is 24.2. The molecule has 10 atom stereocenters. The number of cyclic esters (lactones) is 1. The number of benzene rings is 2. The number of carbonyl (C=O) groups is 1. The molecule has 0 amide bonds. The van der Waals surface area contributed by atoms with Gasteiger partial charge in [-0.1, -0.05) is 6.08 Å². The molecule has 0 aromatic heterocycles. The maximum Gasteiger partial charge on any atom is 0.310 e. The zero-order valence-electron chi connectivity index (χ0n) is 25.0. The van der Waals surface area contributed by atoms with Gasteiger partial charge >= 0.3 is 5.97 Å².